The Morgan fingerprint density at radius 2 is 1.97 bits per heavy atom. The molecule has 32 heavy (non-hydrogen) atoms. The summed E-state index contributed by atoms with van der Waals surface area (Å²) >= 11 is 0. The smallest absolute Gasteiger partial charge is 0.251 e. The molecule has 0 spiro atoms. The summed E-state index contributed by atoms with van der Waals surface area (Å²) < 4.78 is 0. The molecule has 5 nitrogen and oxygen atoms in total. The number of benzene rings is 1. The number of carbonyl (C=O) groups excluding carboxylic acids is 2. The maximum absolute atomic E-state index is 12.8. The van der Waals surface area contributed by atoms with Crippen LogP contribution in [0.4, 0.5) is 5.69 Å². The van der Waals surface area contributed by atoms with Crippen molar-refractivity contribution in [1.82, 2.24) is 10.3 Å². The van der Waals surface area contributed by atoms with Crippen LogP contribution in [0.15, 0.2) is 36.4 Å². The molecule has 170 valence electrons. The number of amides is 2. The Kier molecular flexibility index (Phi) is 6.36. The van der Waals surface area contributed by atoms with Gasteiger partial charge in [-0.05, 0) is 85.8 Å². The number of aromatic nitrogens is 1. The number of rotatable bonds is 6. The van der Waals surface area contributed by atoms with E-state index in [1.165, 1.54) is 12.8 Å². The second-order valence-electron chi connectivity index (χ2n) is 9.60. The van der Waals surface area contributed by atoms with Crippen LogP contribution in [-0.2, 0) is 11.2 Å². The third-order valence-corrected chi connectivity index (χ3v) is 7.43. The van der Waals surface area contributed by atoms with Gasteiger partial charge in [0.1, 0.15) is 0 Å². The average Bonchev–Trinajstić information content (AvgIpc) is 3.61. The molecule has 2 amide bonds. The molecule has 4 rings (SSSR count). The first-order chi connectivity index (χ1) is 15.3. The molecule has 1 aromatic heterocycles. The molecular formula is C27H35N3O2. The van der Waals surface area contributed by atoms with Crippen LogP contribution in [-0.4, -0.2) is 29.9 Å². The molecule has 0 radical (unpaired) electrons. The van der Waals surface area contributed by atoms with E-state index in [9.17, 15) is 9.59 Å². The highest BCUT2D eigenvalue weighted by Crippen LogP contribution is 2.53. The van der Waals surface area contributed by atoms with Crippen LogP contribution < -0.4 is 10.2 Å². The molecule has 2 aromatic rings. The van der Waals surface area contributed by atoms with Crippen LogP contribution in [0.2, 0.25) is 0 Å². The van der Waals surface area contributed by atoms with Gasteiger partial charge >= 0.3 is 0 Å². The van der Waals surface area contributed by atoms with E-state index in [0.29, 0.717) is 23.3 Å². The molecule has 4 atom stereocenters. The first kappa shape index (κ1) is 22.5. The molecule has 1 aliphatic carbocycles. The highest BCUT2D eigenvalue weighted by atomic mass is 16.2. The predicted octanol–water partition coefficient (Wildman–Crippen LogP) is 4.88. The van der Waals surface area contributed by atoms with Gasteiger partial charge in [-0.2, -0.15) is 0 Å². The molecule has 0 saturated heterocycles. The predicted molar refractivity (Wildman–Crippen MR) is 128 cm³/mol. The molecule has 5 heteroatoms. The second kappa shape index (κ2) is 9.05. The molecule has 1 saturated carbocycles. The van der Waals surface area contributed by atoms with Crippen molar-refractivity contribution < 1.29 is 9.59 Å². The molecule has 2 aliphatic rings. The van der Waals surface area contributed by atoms with E-state index in [2.05, 4.69) is 31.3 Å². The summed E-state index contributed by atoms with van der Waals surface area (Å²) in [7, 11) is 1.66. The second-order valence-corrected chi connectivity index (χ2v) is 9.60. The molecule has 1 aromatic carbocycles. The topological polar surface area (TPSA) is 62.3 Å². The number of anilines is 1. The van der Waals surface area contributed by atoms with Crippen LogP contribution in [0, 0.1) is 24.7 Å². The standard InChI is InChI=1S/C27H35N3O2/c1-6-19(14-22-9-7-8-16(2)29-22)25-17(3)26(20-10-11-20)30(18(4)31)24-13-12-21(15-23(24)25)27(32)28-5/h7-9,12-13,15,17,19-20,25-26H,6,10-11,14H2,1-5H3,(H,28,32). The van der Waals surface area contributed by atoms with Gasteiger partial charge in [0, 0.05) is 42.7 Å². The zero-order valence-corrected chi connectivity index (χ0v) is 19.9. The quantitative estimate of drug-likeness (QED) is 0.706. The number of carbonyl (C=O) groups is 2. The minimum atomic E-state index is -0.0914. The third kappa shape index (κ3) is 4.17. The lowest BCUT2D eigenvalue weighted by molar-refractivity contribution is -0.117. The van der Waals surface area contributed by atoms with Gasteiger partial charge in [0.15, 0.2) is 0 Å². The van der Waals surface area contributed by atoms with Crippen molar-refractivity contribution in [1.29, 1.82) is 0 Å². The summed E-state index contributed by atoms with van der Waals surface area (Å²) in [6.07, 6.45) is 4.29. The summed E-state index contributed by atoms with van der Waals surface area (Å²) in [6, 6.07) is 12.3. The molecule has 4 unspecified atom stereocenters. The molecule has 1 N–H and O–H groups in total. The largest absolute Gasteiger partial charge is 0.355 e. The van der Waals surface area contributed by atoms with Gasteiger partial charge in [0.25, 0.3) is 5.91 Å². The fourth-order valence-corrected chi connectivity index (χ4v) is 5.87. The number of fused-ring (bicyclic) bond motifs is 1. The molecule has 0 bridgehead atoms. The lowest BCUT2D eigenvalue weighted by Crippen LogP contribution is -2.51. The minimum absolute atomic E-state index is 0.0914. The van der Waals surface area contributed by atoms with E-state index in [1.54, 1.807) is 14.0 Å². The van der Waals surface area contributed by atoms with E-state index < -0.39 is 0 Å². The maximum Gasteiger partial charge on any atom is 0.251 e. The van der Waals surface area contributed by atoms with Crippen molar-refractivity contribution >= 4 is 17.5 Å². The van der Waals surface area contributed by atoms with Crippen molar-refractivity contribution in [3.05, 3.63) is 58.9 Å². The van der Waals surface area contributed by atoms with Gasteiger partial charge < -0.3 is 10.2 Å². The van der Waals surface area contributed by atoms with E-state index in [0.717, 1.165) is 35.5 Å². The highest BCUT2D eigenvalue weighted by molar-refractivity contribution is 5.97. The lowest BCUT2D eigenvalue weighted by atomic mass is 9.67. The Bertz CT molecular complexity index is 1010. The van der Waals surface area contributed by atoms with Gasteiger partial charge in [-0.15, -0.1) is 0 Å². The maximum atomic E-state index is 12.8. The van der Waals surface area contributed by atoms with Crippen molar-refractivity contribution in [3.8, 4) is 0 Å². The van der Waals surface area contributed by atoms with E-state index >= 15 is 0 Å². The molecule has 2 heterocycles. The number of pyridine rings is 1. The Hall–Kier alpha value is -2.69. The van der Waals surface area contributed by atoms with Gasteiger partial charge in [-0.25, -0.2) is 0 Å². The van der Waals surface area contributed by atoms with E-state index in [1.807, 2.05) is 36.1 Å². The molecule has 1 fully saturated rings. The first-order valence-corrected chi connectivity index (χ1v) is 11.9. The number of aryl methyl sites for hydroxylation is 1. The summed E-state index contributed by atoms with van der Waals surface area (Å²) in [4.78, 5) is 32.1. The van der Waals surface area contributed by atoms with Gasteiger partial charge in [0.05, 0.1) is 0 Å². The van der Waals surface area contributed by atoms with Gasteiger partial charge in [-0.3, -0.25) is 14.6 Å². The van der Waals surface area contributed by atoms with Crippen LogP contribution in [0.3, 0.4) is 0 Å². The van der Waals surface area contributed by atoms with Crippen molar-refractivity contribution in [2.45, 2.75) is 65.3 Å². The Morgan fingerprint density at radius 1 is 1.22 bits per heavy atom. The normalized spacial score (nSPS) is 23.4. The first-order valence-electron chi connectivity index (χ1n) is 11.9. The summed E-state index contributed by atoms with van der Waals surface area (Å²) in [5, 5.41) is 2.74. The van der Waals surface area contributed by atoms with Crippen LogP contribution in [0.1, 0.15) is 73.3 Å². The number of hydrogen-bond acceptors (Lipinski definition) is 3. The van der Waals surface area contributed by atoms with Crippen LogP contribution in [0.25, 0.3) is 0 Å². The van der Waals surface area contributed by atoms with E-state index in [4.69, 9.17) is 4.98 Å². The zero-order chi connectivity index (χ0) is 23.0. The Labute approximate surface area is 191 Å². The minimum Gasteiger partial charge on any atom is -0.355 e. The summed E-state index contributed by atoms with van der Waals surface area (Å²) in [5.74, 6) is 1.53. The average molecular weight is 434 g/mol. The number of nitrogens with one attached hydrogen (secondary N) is 1. The van der Waals surface area contributed by atoms with Crippen LogP contribution in [0.5, 0.6) is 0 Å². The molecule has 1 aliphatic heterocycles. The Balaban J connectivity index is 1.82. The van der Waals surface area contributed by atoms with Crippen molar-refractivity contribution in [3.63, 3.8) is 0 Å². The summed E-state index contributed by atoms with van der Waals surface area (Å²) in [6.45, 7) is 8.27. The highest BCUT2D eigenvalue weighted by Gasteiger charge is 2.49. The zero-order valence-electron chi connectivity index (χ0n) is 19.9. The Morgan fingerprint density at radius 3 is 2.56 bits per heavy atom. The SMILES string of the molecule is CCC(Cc1cccc(C)n1)C1c2cc(C(=O)NC)ccc2N(C(C)=O)C(C2CC2)C1C. The van der Waals surface area contributed by atoms with E-state index in [-0.39, 0.29) is 23.8 Å². The van der Waals surface area contributed by atoms with Crippen molar-refractivity contribution in [2.24, 2.45) is 17.8 Å². The van der Waals surface area contributed by atoms with Crippen molar-refractivity contribution in [2.75, 3.05) is 11.9 Å². The fourth-order valence-electron chi connectivity index (χ4n) is 5.87. The fraction of sp³-hybridized carbons (Fsp3) is 0.519. The lowest BCUT2D eigenvalue weighted by Gasteiger charge is -2.48. The monoisotopic (exact) mass is 433 g/mol. The number of nitrogens with zero attached hydrogens (tertiary/aromatic N) is 2. The third-order valence-electron chi connectivity index (χ3n) is 7.43. The molecular weight excluding hydrogens is 398 g/mol. The number of hydrogen-bond donors (Lipinski definition) is 1. The summed E-state index contributed by atoms with van der Waals surface area (Å²) in [5.41, 5.74) is 4.92. The van der Waals surface area contributed by atoms with Gasteiger partial charge in [0.2, 0.25) is 5.91 Å². The van der Waals surface area contributed by atoms with Gasteiger partial charge in [-0.1, -0.05) is 26.3 Å². The van der Waals surface area contributed by atoms with Crippen LogP contribution >= 0.6 is 0 Å².